The predicted molar refractivity (Wildman–Crippen MR) is 107 cm³/mol. The van der Waals surface area contributed by atoms with Crippen LogP contribution in [0.15, 0.2) is 30.3 Å². The number of rotatable bonds is 5. The molecule has 1 aromatic heterocycles. The Kier molecular flexibility index (Phi) is 5.78. The Balaban J connectivity index is 1.65. The molecule has 2 aromatic rings. The smallest absolute Gasteiger partial charge is 0.272 e. The number of ether oxygens (including phenoxy) is 1. The van der Waals surface area contributed by atoms with E-state index < -0.39 is 0 Å². The lowest BCUT2D eigenvalue weighted by molar-refractivity contribution is 0.0740. The summed E-state index contributed by atoms with van der Waals surface area (Å²) in [6.07, 6.45) is 0. The number of carbonyl (C=O) groups is 1. The second kappa shape index (κ2) is 8.24. The molecule has 2 heterocycles. The van der Waals surface area contributed by atoms with Gasteiger partial charge in [-0.05, 0) is 45.0 Å². The lowest BCUT2D eigenvalue weighted by atomic mass is 10.2. The van der Waals surface area contributed by atoms with Crippen molar-refractivity contribution < 1.29 is 9.53 Å². The van der Waals surface area contributed by atoms with E-state index in [4.69, 9.17) is 4.74 Å². The number of piperazine rings is 1. The largest absolute Gasteiger partial charge is 0.497 e. The molecule has 1 aliphatic rings. The first-order chi connectivity index (χ1) is 13.0. The Morgan fingerprint density at radius 1 is 1.11 bits per heavy atom. The summed E-state index contributed by atoms with van der Waals surface area (Å²) in [6.45, 7) is 8.80. The minimum atomic E-state index is -0.0401. The van der Waals surface area contributed by atoms with Crippen LogP contribution in [0, 0.1) is 6.92 Å². The van der Waals surface area contributed by atoms with E-state index in [0.717, 1.165) is 24.5 Å². The van der Waals surface area contributed by atoms with Gasteiger partial charge in [0.25, 0.3) is 5.91 Å². The van der Waals surface area contributed by atoms with Gasteiger partial charge in [0.2, 0.25) is 0 Å². The summed E-state index contributed by atoms with van der Waals surface area (Å²) in [6, 6.07) is 10.0. The van der Waals surface area contributed by atoms with Crippen LogP contribution < -0.4 is 15.0 Å². The minimum absolute atomic E-state index is 0.0401. The van der Waals surface area contributed by atoms with Crippen LogP contribution in [0.5, 0.6) is 5.75 Å². The summed E-state index contributed by atoms with van der Waals surface area (Å²) in [5, 5.41) is 3.24. The molecule has 0 atom stereocenters. The molecule has 0 radical (unpaired) electrons. The summed E-state index contributed by atoms with van der Waals surface area (Å²) in [5.74, 6) is 2.10. The third kappa shape index (κ3) is 4.67. The number of nitrogens with zero attached hydrogens (tertiary/aromatic N) is 4. The van der Waals surface area contributed by atoms with Crippen LogP contribution in [0.1, 0.15) is 30.2 Å². The van der Waals surface area contributed by atoms with Crippen LogP contribution in [-0.2, 0) is 0 Å². The molecule has 144 valence electrons. The van der Waals surface area contributed by atoms with Crippen molar-refractivity contribution in [3.8, 4) is 5.75 Å². The van der Waals surface area contributed by atoms with Crippen LogP contribution in [0.2, 0.25) is 0 Å². The minimum Gasteiger partial charge on any atom is -0.497 e. The van der Waals surface area contributed by atoms with Crippen molar-refractivity contribution >= 4 is 17.4 Å². The summed E-state index contributed by atoms with van der Waals surface area (Å²) in [4.78, 5) is 25.7. The number of hydrogen-bond acceptors (Lipinski definition) is 6. The molecule has 1 aromatic carbocycles. The van der Waals surface area contributed by atoms with Gasteiger partial charge in [-0.3, -0.25) is 4.79 Å². The second-order valence-electron chi connectivity index (χ2n) is 6.96. The molecule has 3 rings (SSSR count). The summed E-state index contributed by atoms with van der Waals surface area (Å²) < 4.78 is 5.21. The zero-order chi connectivity index (χ0) is 19.4. The monoisotopic (exact) mass is 369 g/mol. The van der Waals surface area contributed by atoms with Crippen LogP contribution >= 0.6 is 0 Å². The molecule has 1 aliphatic heterocycles. The Bertz CT molecular complexity index is 783. The third-order valence-corrected chi connectivity index (χ3v) is 4.50. The fourth-order valence-electron chi connectivity index (χ4n) is 3.17. The van der Waals surface area contributed by atoms with Crippen molar-refractivity contribution in [1.82, 2.24) is 14.9 Å². The maximum atomic E-state index is 12.9. The van der Waals surface area contributed by atoms with Gasteiger partial charge in [-0.15, -0.1) is 0 Å². The Hall–Kier alpha value is -2.83. The standard InChI is InChI=1S/C20H27N5O2/c1-14(2)21-19-13-18(22-15(3)23-19)20(26)25-11-9-24(10-12-25)16-5-7-17(27-4)8-6-16/h5-8,13-14H,9-12H2,1-4H3,(H,21,22,23). The number of amides is 1. The zero-order valence-corrected chi connectivity index (χ0v) is 16.4. The fraction of sp³-hybridized carbons (Fsp3) is 0.450. The molecule has 0 unspecified atom stereocenters. The van der Waals surface area contributed by atoms with E-state index in [1.54, 1.807) is 13.2 Å². The molecule has 0 spiro atoms. The molecule has 0 aliphatic carbocycles. The van der Waals surface area contributed by atoms with Gasteiger partial charge in [0.05, 0.1) is 7.11 Å². The average Bonchev–Trinajstić information content (AvgIpc) is 2.66. The van der Waals surface area contributed by atoms with Crippen LogP contribution in [0.25, 0.3) is 0 Å². The Morgan fingerprint density at radius 2 is 1.78 bits per heavy atom. The molecule has 1 fully saturated rings. The first-order valence-corrected chi connectivity index (χ1v) is 9.27. The first-order valence-electron chi connectivity index (χ1n) is 9.27. The molecular formula is C20H27N5O2. The normalized spacial score (nSPS) is 14.4. The number of benzene rings is 1. The van der Waals surface area contributed by atoms with Gasteiger partial charge in [-0.1, -0.05) is 0 Å². The third-order valence-electron chi connectivity index (χ3n) is 4.50. The fourth-order valence-corrected chi connectivity index (χ4v) is 3.17. The van der Waals surface area contributed by atoms with E-state index in [9.17, 15) is 4.79 Å². The van der Waals surface area contributed by atoms with Crippen molar-refractivity contribution in [3.05, 3.63) is 41.9 Å². The second-order valence-corrected chi connectivity index (χ2v) is 6.96. The molecule has 27 heavy (non-hydrogen) atoms. The summed E-state index contributed by atoms with van der Waals surface area (Å²) >= 11 is 0. The highest BCUT2D eigenvalue weighted by molar-refractivity contribution is 5.93. The molecule has 1 saturated heterocycles. The number of nitrogens with one attached hydrogen (secondary N) is 1. The zero-order valence-electron chi connectivity index (χ0n) is 16.4. The number of hydrogen-bond donors (Lipinski definition) is 1. The molecule has 0 saturated carbocycles. The van der Waals surface area contributed by atoms with Crippen LogP contribution in [0.4, 0.5) is 11.5 Å². The van der Waals surface area contributed by atoms with Crippen molar-refractivity contribution in [2.24, 2.45) is 0 Å². The van der Waals surface area contributed by atoms with E-state index in [-0.39, 0.29) is 11.9 Å². The number of methoxy groups -OCH3 is 1. The Morgan fingerprint density at radius 3 is 2.37 bits per heavy atom. The van der Waals surface area contributed by atoms with Gasteiger partial charge >= 0.3 is 0 Å². The number of aryl methyl sites for hydroxylation is 1. The molecule has 7 nitrogen and oxygen atoms in total. The van der Waals surface area contributed by atoms with Crippen LogP contribution in [0.3, 0.4) is 0 Å². The SMILES string of the molecule is COc1ccc(N2CCN(C(=O)c3cc(NC(C)C)nc(C)n3)CC2)cc1. The Labute approximate surface area is 160 Å². The van der Waals surface area contributed by atoms with Gasteiger partial charge in [0, 0.05) is 44.0 Å². The summed E-state index contributed by atoms with van der Waals surface area (Å²) in [7, 11) is 1.66. The van der Waals surface area contributed by atoms with Gasteiger partial charge in [0.15, 0.2) is 0 Å². The maximum Gasteiger partial charge on any atom is 0.272 e. The first kappa shape index (κ1) is 18.9. The lowest BCUT2D eigenvalue weighted by Crippen LogP contribution is -2.49. The number of aromatic nitrogens is 2. The topological polar surface area (TPSA) is 70.6 Å². The summed E-state index contributed by atoms with van der Waals surface area (Å²) in [5.41, 5.74) is 1.59. The highest BCUT2D eigenvalue weighted by Gasteiger charge is 2.24. The van der Waals surface area contributed by atoms with Crippen molar-refractivity contribution in [3.63, 3.8) is 0 Å². The molecule has 7 heteroatoms. The van der Waals surface area contributed by atoms with E-state index >= 15 is 0 Å². The molecule has 0 bridgehead atoms. The molecular weight excluding hydrogens is 342 g/mol. The van der Waals surface area contributed by atoms with E-state index in [2.05, 4.69) is 20.2 Å². The van der Waals surface area contributed by atoms with Crippen LogP contribution in [-0.4, -0.2) is 60.1 Å². The predicted octanol–water partition coefficient (Wildman–Crippen LogP) is 2.58. The van der Waals surface area contributed by atoms with Crippen molar-refractivity contribution in [2.45, 2.75) is 26.8 Å². The van der Waals surface area contributed by atoms with E-state index in [0.29, 0.717) is 30.4 Å². The van der Waals surface area contributed by atoms with E-state index in [1.807, 2.05) is 49.9 Å². The highest BCUT2D eigenvalue weighted by Crippen LogP contribution is 2.21. The maximum absolute atomic E-state index is 12.9. The van der Waals surface area contributed by atoms with Crippen molar-refractivity contribution in [2.75, 3.05) is 43.5 Å². The number of anilines is 2. The van der Waals surface area contributed by atoms with Gasteiger partial charge in [-0.25, -0.2) is 9.97 Å². The molecule has 1 N–H and O–H groups in total. The molecule has 1 amide bonds. The quantitative estimate of drug-likeness (QED) is 0.874. The lowest BCUT2D eigenvalue weighted by Gasteiger charge is -2.36. The van der Waals surface area contributed by atoms with Gasteiger partial charge in [0.1, 0.15) is 23.1 Å². The van der Waals surface area contributed by atoms with Gasteiger partial charge in [-0.2, -0.15) is 0 Å². The van der Waals surface area contributed by atoms with Gasteiger partial charge < -0.3 is 19.9 Å². The van der Waals surface area contributed by atoms with Crippen molar-refractivity contribution in [1.29, 1.82) is 0 Å². The highest BCUT2D eigenvalue weighted by atomic mass is 16.5. The van der Waals surface area contributed by atoms with E-state index in [1.165, 1.54) is 0 Å². The number of carbonyl (C=O) groups excluding carboxylic acids is 1. The average molecular weight is 369 g/mol.